The first-order valence-corrected chi connectivity index (χ1v) is 8.98. The number of aromatic nitrogens is 4. The number of aliphatic carboxylic acids is 1. The number of carboxylic acid groups (broad SMARTS) is 1. The maximum atomic E-state index is 12.3. The average molecular weight is 408 g/mol. The third-order valence-corrected chi connectivity index (χ3v) is 5.48. The van der Waals surface area contributed by atoms with Crippen LogP contribution in [-0.4, -0.2) is 43.5 Å². The van der Waals surface area contributed by atoms with Crippen molar-refractivity contribution in [1.82, 2.24) is 25.3 Å². The molecule has 140 valence electrons. The van der Waals surface area contributed by atoms with E-state index < -0.39 is 11.9 Å². The molecule has 1 aromatic carbocycles. The van der Waals surface area contributed by atoms with Gasteiger partial charge in [-0.1, -0.05) is 23.2 Å². The molecule has 1 aliphatic heterocycles. The van der Waals surface area contributed by atoms with Gasteiger partial charge in [-0.3, -0.25) is 9.59 Å². The highest BCUT2D eigenvalue weighted by molar-refractivity contribution is 6.45. The van der Waals surface area contributed by atoms with Crippen molar-refractivity contribution < 1.29 is 14.7 Å². The molecule has 0 bridgehead atoms. The van der Waals surface area contributed by atoms with Crippen LogP contribution >= 0.6 is 23.2 Å². The molecule has 3 heterocycles. The molecule has 2 aromatic heterocycles. The van der Waals surface area contributed by atoms with Gasteiger partial charge in [-0.2, -0.15) is 15.0 Å². The van der Waals surface area contributed by atoms with Crippen molar-refractivity contribution in [2.45, 2.75) is 18.8 Å². The lowest BCUT2D eigenvalue weighted by Crippen LogP contribution is -2.27. The maximum absolute atomic E-state index is 12.3. The fourth-order valence-electron chi connectivity index (χ4n) is 3.55. The Kier molecular flexibility index (Phi) is 4.32. The van der Waals surface area contributed by atoms with Gasteiger partial charge in [0, 0.05) is 36.2 Å². The van der Waals surface area contributed by atoms with Gasteiger partial charge in [-0.05, 0) is 11.6 Å². The van der Waals surface area contributed by atoms with Gasteiger partial charge >= 0.3 is 5.97 Å². The van der Waals surface area contributed by atoms with E-state index in [1.165, 1.54) is 4.80 Å². The summed E-state index contributed by atoms with van der Waals surface area (Å²) in [4.78, 5) is 28.2. The molecule has 0 unspecified atom stereocenters. The third kappa shape index (κ3) is 3.04. The number of benzene rings is 1. The van der Waals surface area contributed by atoms with Crippen molar-refractivity contribution >= 4 is 46.0 Å². The van der Waals surface area contributed by atoms with Crippen LogP contribution in [0, 0.1) is 0 Å². The van der Waals surface area contributed by atoms with E-state index in [0.29, 0.717) is 43.5 Å². The summed E-state index contributed by atoms with van der Waals surface area (Å²) in [5.74, 6) is -1.53. The number of H-pyrrole nitrogens is 1. The number of amides is 1. The van der Waals surface area contributed by atoms with Gasteiger partial charge in [0.25, 0.3) is 0 Å². The number of carboxylic acids is 1. The van der Waals surface area contributed by atoms with Crippen molar-refractivity contribution in [2.24, 2.45) is 7.05 Å². The SMILES string of the molecule is Cn1ncc(-c2cc(Cl)c(Cl)c3[nH]c4c(c23)CC(=O)NC[C@H]4CC(=O)O)n1. The predicted octanol–water partition coefficient (Wildman–Crippen LogP) is 2.50. The van der Waals surface area contributed by atoms with Gasteiger partial charge in [0.05, 0.1) is 34.6 Å². The van der Waals surface area contributed by atoms with Crippen molar-refractivity contribution in [3.63, 3.8) is 0 Å². The molecule has 0 aliphatic carbocycles. The van der Waals surface area contributed by atoms with Crippen molar-refractivity contribution in [3.05, 3.63) is 33.6 Å². The van der Waals surface area contributed by atoms with Crippen molar-refractivity contribution in [2.75, 3.05) is 6.54 Å². The Morgan fingerprint density at radius 3 is 2.89 bits per heavy atom. The van der Waals surface area contributed by atoms with Crippen LogP contribution in [0.5, 0.6) is 0 Å². The minimum absolute atomic E-state index is 0.108. The Morgan fingerprint density at radius 1 is 1.44 bits per heavy atom. The molecule has 3 N–H and O–H groups in total. The third-order valence-electron chi connectivity index (χ3n) is 4.69. The molecular formula is C17H15Cl2N5O3. The fraction of sp³-hybridized carbons (Fsp3) is 0.294. The summed E-state index contributed by atoms with van der Waals surface area (Å²) in [6.45, 7) is 0.233. The molecule has 0 saturated carbocycles. The van der Waals surface area contributed by atoms with Crippen LogP contribution < -0.4 is 5.32 Å². The molecule has 27 heavy (non-hydrogen) atoms. The number of carbonyl (C=O) groups excluding carboxylic acids is 1. The van der Waals surface area contributed by atoms with Crippen LogP contribution in [0.2, 0.25) is 10.0 Å². The summed E-state index contributed by atoms with van der Waals surface area (Å²) in [7, 11) is 1.70. The van der Waals surface area contributed by atoms with Crippen LogP contribution in [0.1, 0.15) is 23.6 Å². The monoisotopic (exact) mass is 407 g/mol. The Hall–Kier alpha value is -2.58. The largest absolute Gasteiger partial charge is 0.481 e. The van der Waals surface area contributed by atoms with E-state index in [2.05, 4.69) is 20.5 Å². The number of hydrogen-bond acceptors (Lipinski definition) is 4. The van der Waals surface area contributed by atoms with E-state index in [4.69, 9.17) is 23.2 Å². The number of nitrogens with one attached hydrogen (secondary N) is 2. The number of nitrogens with zero attached hydrogens (tertiary/aromatic N) is 3. The second-order valence-electron chi connectivity index (χ2n) is 6.48. The van der Waals surface area contributed by atoms with Crippen molar-refractivity contribution in [1.29, 1.82) is 0 Å². The zero-order valence-corrected chi connectivity index (χ0v) is 15.7. The van der Waals surface area contributed by atoms with E-state index >= 15 is 0 Å². The number of rotatable bonds is 3. The maximum Gasteiger partial charge on any atom is 0.304 e. The van der Waals surface area contributed by atoms with Crippen LogP contribution in [0.4, 0.5) is 0 Å². The molecule has 3 aromatic rings. The lowest BCUT2D eigenvalue weighted by atomic mass is 9.95. The van der Waals surface area contributed by atoms with E-state index in [9.17, 15) is 14.7 Å². The van der Waals surface area contributed by atoms with E-state index in [-0.39, 0.29) is 25.3 Å². The van der Waals surface area contributed by atoms with E-state index in [1.807, 2.05) is 0 Å². The number of aryl methyl sites for hydroxylation is 1. The predicted molar refractivity (Wildman–Crippen MR) is 100 cm³/mol. The second kappa shape index (κ2) is 6.54. The normalized spacial score (nSPS) is 16.9. The summed E-state index contributed by atoms with van der Waals surface area (Å²) in [5.41, 5.74) is 3.24. The zero-order valence-electron chi connectivity index (χ0n) is 14.2. The number of aromatic amines is 1. The molecule has 0 fully saturated rings. The molecule has 0 saturated heterocycles. The van der Waals surface area contributed by atoms with Gasteiger partial charge in [0.1, 0.15) is 5.69 Å². The van der Waals surface area contributed by atoms with Gasteiger partial charge in [0.15, 0.2) is 0 Å². The zero-order chi connectivity index (χ0) is 19.3. The highest BCUT2D eigenvalue weighted by Gasteiger charge is 2.30. The molecule has 4 rings (SSSR count). The summed E-state index contributed by atoms with van der Waals surface area (Å²) < 4.78 is 0. The van der Waals surface area contributed by atoms with Crippen LogP contribution in [0.25, 0.3) is 22.2 Å². The quantitative estimate of drug-likeness (QED) is 0.617. The van der Waals surface area contributed by atoms with Crippen LogP contribution in [-0.2, 0) is 23.1 Å². The average Bonchev–Trinajstić information content (AvgIpc) is 3.15. The minimum Gasteiger partial charge on any atom is -0.481 e. The van der Waals surface area contributed by atoms with Gasteiger partial charge in [-0.15, -0.1) is 0 Å². The summed E-state index contributed by atoms with van der Waals surface area (Å²) >= 11 is 12.7. The first-order valence-electron chi connectivity index (χ1n) is 8.22. The number of hydrogen-bond donors (Lipinski definition) is 3. The van der Waals surface area contributed by atoms with Gasteiger partial charge in [0.2, 0.25) is 5.91 Å². The molecule has 8 nitrogen and oxygen atoms in total. The van der Waals surface area contributed by atoms with Crippen LogP contribution in [0.3, 0.4) is 0 Å². The van der Waals surface area contributed by atoms with Crippen LogP contribution in [0.15, 0.2) is 12.3 Å². The lowest BCUT2D eigenvalue weighted by molar-refractivity contribution is -0.137. The molecular weight excluding hydrogens is 393 g/mol. The number of carbonyl (C=O) groups is 2. The lowest BCUT2D eigenvalue weighted by Gasteiger charge is -2.12. The molecule has 1 aliphatic rings. The number of halogens is 2. The summed E-state index contributed by atoms with van der Waals surface area (Å²) in [6.07, 6.45) is 1.59. The Morgan fingerprint density at radius 2 is 2.22 bits per heavy atom. The van der Waals surface area contributed by atoms with Crippen molar-refractivity contribution in [3.8, 4) is 11.3 Å². The molecule has 10 heteroatoms. The first kappa shape index (κ1) is 17.8. The highest BCUT2D eigenvalue weighted by atomic mass is 35.5. The molecule has 0 radical (unpaired) electrons. The molecule has 1 amide bonds. The second-order valence-corrected chi connectivity index (χ2v) is 7.27. The standard InChI is InChI=1S/C17H15Cl2N5O3/c1-24-21-6-11(23-24)8-3-10(18)15(19)17-14(8)9-4-12(25)20-5-7(2-13(26)27)16(9)22-17/h3,6-7,22H,2,4-5H2,1H3,(H,20,25)(H,26,27)/t7-/m1/s1. The highest BCUT2D eigenvalue weighted by Crippen LogP contribution is 2.42. The first-order chi connectivity index (χ1) is 12.8. The van der Waals surface area contributed by atoms with Gasteiger partial charge < -0.3 is 15.4 Å². The van der Waals surface area contributed by atoms with E-state index in [1.54, 1.807) is 19.3 Å². The summed E-state index contributed by atoms with van der Waals surface area (Å²) in [5, 5.41) is 21.8. The number of fused-ring (bicyclic) bond motifs is 3. The smallest absolute Gasteiger partial charge is 0.304 e. The Bertz CT molecular complexity index is 1090. The van der Waals surface area contributed by atoms with Gasteiger partial charge in [-0.25, -0.2) is 0 Å². The Balaban J connectivity index is 2.04. The Labute approximate surface area is 163 Å². The fourth-order valence-corrected chi connectivity index (χ4v) is 3.95. The molecule has 1 atom stereocenters. The molecule has 0 spiro atoms. The minimum atomic E-state index is -0.945. The summed E-state index contributed by atoms with van der Waals surface area (Å²) in [6, 6.07) is 1.69. The topological polar surface area (TPSA) is 113 Å². The van der Waals surface area contributed by atoms with E-state index in [0.717, 1.165) is 0 Å².